The van der Waals surface area contributed by atoms with Crippen molar-refractivity contribution in [2.45, 2.75) is 155 Å². The molecule has 0 amide bonds. The van der Waals surface area contributed by atoms with Gasteiger partial charge < -0.3 is 29.2 Å². The zero-order chi connectivity index (χ0) is 30.7. The van der Waals surface area contributed by atoms with E-state index in [0.29, 0.717) is 54.0 Å². The molecular weight excluding hydrogens is 544 g/mol. The molecule has 0 aromatic rings. The van der Waals surface area contributed by atoms with Gasteiger partial charge in [-0.3, -0.25) is 4.79 Å². The molecule has 7 rings (SSSR count). The van der Waals surface area contributed by atoms with Crippen LogP contribution in [0.15, 0.2) is 11.3 Å². The molecule has 0 aromatic heterocycles. The summed E-state index contributed by atoms with van der Waals surface area (Å²) in [7, 11) is 0. The SMILES string of the molecule is CC(=O)O[C@@H]([C@H]1C[C@@H](C)C2=C(CC3[C@@H]4CC[C@H]5C(C)(C)C(O[C@H]6C[C@@H](O)CCO6)CCC56CC46CC[C@]23C)O1)C(C)(C)O. The molecule has 0 bridgehead atoms. The highest BCUT2D eigenvalue weighted by atomic mass is 16.7. The molecule has 0 radical (unpaired) electrons. The number of ether oxygens (including phenoxy) is 4. The smallest absolute Gasteiger partial charge is 0.303 e. The van der Waals surface area contributed by atoms with Gasteiger partial charge in [-0.1, -0.05) is 27.7 Å². The number of aliphatic hydroxyl groups excluding tert-OH is 1. The highest BCUT2D eigenvalue weighted by Crippen LogP contribution is 2.87. The summed E-state index contributed by atoms with van der Waals surface area (Å²) < 4.78 is 25.0. The fraction of sp³-hybridized carbons (Fsp3) is 0.917. The summed E-state index contributed by atoms with van der Waals surface area (Å²) in [5.41, 5.74) is 1.44. The Hall–Kier alpha value is -1.15. The highest BCUT2D eigenvalue weighted by Gasteiger charge is 2.80. The average molecular weight is 601 g/mol. The normalized spacial score (nSPS) is 49.0. The molecule has 1 saturated heterocycles. The number of hydrogen-bond acceptors (Lipinski definition) is 7. The van der Waals surface area contributed by atoms with Gasteiger partial charge in [0.05, 0.1) is 30.2 Å². The van der Waals surface area contributed by atoms with Gasteiger partial charge >= 0.3 is 5.97 Å². The lowest BCUT2D eigenvalue weighted by molar-refractivity contribution is -0.247. The lowest BCUT2D eigenvalue weighted by Crippen LogP contribution is -2.55. The molecule has 2 aliphatic heterocycles. The Morgan fingerprint density at radius 1 is 1.02 bits per heavy atom. The van der Waals surface area contributed by atoms with E-state index in [0.717, 1.165) is 25.0 Å². The summed E-state index contributed by atoms with van der Waals surface area (Å²) in [4.78, 5) is 12.0. The maximum absolute atomic E-state index is 12.0. The third-order valence-corrected chi connectivity index (χ3v) is 14.2. The highest BCUT2D eigenvalue weighted by molar-refractivity contribution is 5.66. The second-order valence-corrected chi connectivity index (χ2v) is 17.2. The fourth-order valence-electron chi connectivity index (χ4n) is 12.5. The van der Waals surface area contributed by atoms with Crippen LogP contribution in [0.5, 0.6) is 0 Å². The van der Waals surface area contributed by atoms with E-state index in [9.17, 15) is 15.0 Å². The molecule has 43 heavy (non-hydrogen) atoms. The van der Waals surface area contributed by atoms with E-state index in [4.69, 9.17) is 18.9 Å². The maximum atomic E-state index is 12.0. The van der Waals surface area contributed by atoms with Crippen LogP contribution in [0, 0.1) is 45.3 Å². The summed E-state index contributed by atoms with van der Waals surface area (Å²) in [6.07, 6.45) is 10.4. The molecule has 2 N–H and O–H groups in total. The molecule has 242 valence electrons. The predicted molar refractivity (Wildman–Crippen MR) is 162 cm³/mol. The van der Waals surface area contributed by atoms with Gasteiger partial charge in [0.25, 0.3) is 0 Å². The first kappa shape index (κ1) is 30.5. The number of aliphatic hydroxyl groups is 2. The summed E-state index contributed by atoms with van der Waals surface area (Å²) in [5, 5.41) is 21.1. The first-order valence-corrected chi connectivity index (χ1v) is 17.4. The van der Waals surface area contributed by atoms with Crippen molar-refractivity contribution in [1.82, 2.24) is 0 Å². The van der Waals surface area contributed by atoms with E-state index in [1.807, 2.05) is 0 Å². The second-order valence-electron chi connectivity index (χ2n) is 17.2. The van der Waals surface area contributed by atoms with Crippen molar-refractivity contribution in [2.75, 3.05) is 6.61 Å². The van der Waals surface area contributed by atoms with Crippen molar-refractivity contribution >= 4 is 5.97 Å². The molecule has 7 heteroatoms. The minimum Gasteiger partial charge on any atom is -0.491 e. The third kappa shape index (κ3) is 4.44. The minimum absolute atomic E-state index is 0.0834. The monoisotopic (exact) mass is 600 g/mol. The lowest BCUT2D eigenvalue weighted by Gasteiger charge is -2.59. The van der Waals surface area contributed by atoms with Crippen molar-refractivity contribution < 1.29 is 34.0 Å². The molecule has 12 atom stereocenters. The summed E-state index contributed by atoms with van der Waals surface area (Å²) in [5.74, 6) is 3.07. The van der Waals surface area contributed by atoms with Gasteiger partial charge in [0.2, 0.25) is 0 Å². The van der Waals surface area contributed by atoms with Crippen molar-refractivity contribution in [3.63, 3.8) is 0 Å². The quantitative estimate of drug-likeness (QED) is 0.283. The van der Waals surface area contributed by atoms with Crippen LogP contribution in [0.1, 0.15) is 119 Å². The van der Waals surface area contributed by atoms with Crippen LogP contribution in [0.4, 0.5) is 0 Å². The molecule has 2 spiro atoms. The number of esters is 1. The number of allylic oxidation sites excluding steroid dienone is 2. The van der Waals surface area contributed by atoms with Crippen LogP contribution in [0.3, 0.4) is 0 Å². The molecule has 7 nitrogen and oxygen atoms in total. The van der Waals surface area contributed by atoms with Crippen molar-refractivity contribution in [2.24, 2.45) is 45.3 Å². The molecule has 2 heterocycles. The topological polar surface area (TPSA) is 94.5 Å². The predicted octanol–water partition coefficient (Wildman–Crippen LogP) is 6.29. The van der Waals surface area contributed by atoms with Crippen LogP contribution in [0.2, 0.25) is 0 Å². The van der Waals surface area contributed by atoms with Gasteiger partial charge in [-0.15, -0.1) is 0 Å². The van der Waals surface area contributed by atoms with Gasteiger partial charge in [-0.05, 0) is 123 Å². The van der Waals surface area contributed by atoms with Crippen LogP contribution in [0.25, 0.3) is 0 Å². The van der Waals surface area contributed by atoms with Crippen LogP contribution >= 0.6 is 0 Å². The van der Waals surface area contributed by atoms with E-state index < -0.39 is 11.7 Å². The minimum atomic E-state index is -1.18. The Morgan fingerprint density at radius 2 is 1.79 bits per heavy atom. The number of carbonyl (C=O) groups is 1. The molecule has 4 unspecified atom stereocenters. The molecule has 7 aliphatic rings. The van der Waals surface area contributed by atoms with Gasteiger partial charge in [0.15, 0.2) is 12.4 Å². The number of carbonyl (C=O) groups excluding carboxylic acids is 1. The first-order chi connectivity index (χ1) is 20.1. The molecule has 5 aliphatic carbocycles. The number of fused-ring (bicyclic) bond motifs is 3. The van der Waals surface area contributed by atoms with Gasteiger partial charge in [-0.2, -0.15) is 0 Å². The molecule has 4 saturated carbocycles. The third-order valence-electron chi connectivity index (χ3n) is 14.2. The fourth-order valence-corrected chi connectivity index (χ4v) is 12.5. The van der Waals surface area contributed by atoms with Gasteiger partial charge in [-0.25, -0.2) is 0 Å². The van der Waals surface area contributed by atoms with Crippen molar-refractivity contribution in [1.29, 1.82) is 0 Å². The standard InChI is InChI=1S/C36H56O7/c1-20-16-26(31(33(5,6)39)41-21(2)37)42-25-18-24-23-8-9-27-32(3,4)28(43-29-17-22(38)11-15-40-29)10-12-36(27)19-35(23,36)14-13-34(24,7)30(20)25/h20,22-24,26-29,31,38-39H,8-19H2,1-7H3/t20-,22+,23+,24?,26-,27+,28?,29+,31+,34+,35?,36?/m1/s1. The first-order valence-electron chi connectivity index (χ1n) is 17.4. The average Bonchev–Trinajstić information content (AvgIpc) is 3.47. The summed E-state index contributed by atoms with van der Waals surface area (Å²) in [6, 6.07) is 0. The molecule has 5 fully saturated rings. The van der Waals surface area contributed by atoms with Gasteiger partial charge in [0.1, 0.15) is 6.10 Å². The Morgan fingerprint density at radius 3 is 2.49 bits per heavy atom. The van der Waals surface area contributed by atoms with Crippen molar-refractivity contribution in [3.8, 4) is 0 Å². The van der Waals surface area contributed by atoms with E-state index in [2.05, 4.69) is 27.7 Å². The maximum Gasteiger partial charge on any atom is 0.303 e. The van der Waals surface area contributed by atoms with Crippen LogP contribution in [-0.2, 0) is 23.7 Å². The molecule has 0 aromatic carbocycles. The van der Waals surface area contributed by atoms with E-state index in [-0.39, 0.29) is 41.4 Å². The number of hydrogen-bond donors (Lipinski definition) is 2. The second kappa shape index (κ2) is 9.92. The van der Waals surface area contributed by atoms with E-state index in [1.165, 1.54) is 51.0 Å². The van der Waals surface area contributed by atoms with Crippen LogP contribution < -0.4 is 0 Å². The Balaban J connectivity index is 1.10. The molecular formula is C36H56O7. The van der Waals surface area contributed by atoms with Crippen LogP contribution in [-0.4, -0.2) is 59.1 Å². The zero-order valence-corrected chi connectivity index (χ0v) is 27.6. The lowest BCUT2D eigenvalue weighted by atomic mass is 9.46. The van der Waals surface area contributed by atoms with E-state index >= 15 is 0 Å². The van der Waals surface area contributed by atoms with Crippen molar-refractivity contribution in [3.05, 3.63) is 11.3 Å². The largest absolute Gasteiger partial charge is 0.491 e. The Kier molecular flexibility index (Phi) is 7.04. The summed E-state index contributed by atoms with van der Waals surface area (Å²) >= 11 is 0. The van der Waals surface area contributed by atoms with E-state index in [1.54, 1.807) is 13.8 Å². The van der Waals surface area contributed by atoms with Gasteiger partial charge in [0, 0.05) is 19.8 Å². The summed E-state index contributed by atoms with van der Waals surface area (Å²) in [6.45, 7) is 15.2. The Bertz CT molecular complexity index is 1170. The Labute approximate surface area is 258 Å². The number of rotatable bonds is 5. The zero-order valence-electron chi connectivity index (χ0n) is 27.6.